The Bertz CT molecular complexity index is 825. The highest BCUT2D eigenvalue weighted by molar-refractivity contribution is 6.13. The summed E-state index contributed by atoms with van der Waals surface area (Å²) in [7, 11) is 1.46. The van der Waals surface area contributed by atoms with Crippen LogP contribution in [0.5, 0.6) is 0 Å². The van der Waals surface area contributed by atoms with E-state index in [1.54, 1.807) is 24.3 Å². The number of carbonyl (C=O) groups is 2. The van der Waals surface area contributed by atoms with Crippen molar-refractivity contribution in [3.63, 3.8) is 0 Å². The van der Waals surface area contributed by atoms with E-state index in [4.69, 9.17) is 0 Å². The molecule has 1 amide bonds. The van der Waals surface area contributed by atoms with Crippen molar-refractivity contribution in [1.29, 1.82) is 0 Å². The van der Waals surface area contributed by atoms with E-state index in [0.29, 0.717) is 30.0 Å². The largest absolute Gasteiger partial charge is 0.371 e. The summed E-state index contributed by atoms with van der Waals surface area (Å²) in [4.78, 5) is 37.3. The van der Waals surface area contributed by atoms with E-state index >= 15 is 0 Å². The number of nitrogens with one attached hydrogen (secondary N) is 2. The number of carbonyl (C=O) groups excluding carboxylic acids is 2. The summed E-state index contributed by atoms with van der Waals surface area (Å²) in [5.74, 6) is -0.213. The van der Waals surface area contributed by atoms with Gasteiger partial charge in [-0.25, -0.2) is 0 Å². The Morgan fingerprint density at radius 3 is 2.61 bits per heavy atom. The average Bonchev–Trinajstić information content (AvgIpc) is 2.62. The SMILES string of the molecule is CNC(=O)c1cc(C(=O)c2ccccc2)c2n(c1=O)CCCN2. The smallest absolute Gasteiger partial charge is 0.265 e. The van der Waals surface area contributed by atoms with Crippen molar-refractivity contribution in [2.45, 2.75) is 13.0 Å². The van der Waals surface area contributed by atoms with Gasteiger partial charge in [-0.15, -0.1) is 0 Å². The fourth-order valence-corrected chi connectivity index (χ4v) is 2.73. The zero-order chi connectivity index (χ0) is 16.4. The van der Waals surface area contributed by atoms with E-state index in [2.05, 4.69) is 10.6 Å². The van der Waals surface area contributed by atoms with Gasteiger partial charge in [0, 0.05) is 25.7 Å². The minimum Gasteiger partial charge on any atom is -0.371 e. The Morgan fingerprint density at radius 2 is 1.91 bits per heavy atom. The van der Waals surface area contributed by atoms with Gasteiger partial charge in [0.05, 0.1) is 5.56 Å². The first kappa shape index (κ1) is 15.0. The number of hydrogen-bond donors (Lipinski definition) is 2. The molecule has 118 valence electrons. The van der Waals surface area contributed by atoms with Crippen LogP contribution in [0, 0.1) is 0 Å². The number of nitrogens with zero attached hydrogens (tertiary/aromatic N) is 1. The number of aromatic nitrogens is 1. The first-order valence-electron chi connectivity index (χ1n) is 7.47. The van der Waals surface area contributed by atoms with Crippen LogP contribution in [0.15, 0.2) is 41.2 Å². The topological polar surface area (TPSA) is 80.2 Å². The third-order valence-corrected chi connectivity index (χ3v) is 3.89. The van der Waals surface area contributed by atoms with Crippen LogP contribution < -0.4 is 16.2 Å². The van der Waals surface area contributed by atoms with Crippen LogP contribution in [0.25, 0.3) is 0 Å². The molecule has 6 heteroatoms. The monoisotopic (exact) mass is 311 g/mol. The molecule has 0 saturated heterocycles. The first-order valence-corrected chi connectivity index (χ1v) is 7.47. The molecule has 0 atom stereocenters. The lowest BCUT2D eigenvalue weighted by Gasteiger charge is -2.23. The molecule has 0 fully saturated rings. The maximum absolute atomic E-state index is 12.8. The standard InChI is InChI=1S/C17H17N3O3/c1-18-16(22)13-10-12(14(21)11-6-3-2-4-7-11)15-19-8-5-9-20(15)17(13)23/h2-4,6-7,10,19H,5,8-9H2,1H3,(H,18,22). The Morgan fingerprint density at radius 1 is 1.17 bits per heavy atom. The summed E-state index contributed by atoms with van der Waals surface area (Å²) < 4.78 is 1.48. The maximum Gasteiger partial charge on any atom is 0.265 e. The van der Waals surface area contributed by atoms with Crippen LogP contribution in [-0.2, 0) is 6.54 Å². The number of pyridine rings is 1. The van der Waals surface area contributed by atoms with Gasteiger partial charge in [-0.2, -0.15) is 0 Å². The molecule has 1 aliphatic heterocycles. The van der Waals surface area contributed by atoms with Crippen LogP contribution in [0.4, 0.5) is 5.82 Å². The van der Waals surface area contributed by atoms with Crippen LogP contribution in [0.2, 0.25) is 0 Å². The number of rotatable bonds is 3. The van der Waals surface area contributed by atoms with Crippen LogP contribution >= 0.6 is 0 Å². The molecule has 0 unspecified atom stereocenters. The minimum absolute atomic E-state index is 0.0146. The summed E-state index contributed by atoms with van der Waals surface area (Å²) in [6.07, 6.45) is 0.767. The number of benzene rings is 1. The summed E-state index contributed by atoms with van der Waals surface area (Å²) in [6, 6.07) is 10.2. The van der Waals surface area contributed by atoms with Crippen LogP contribution in [0.3, 0.4) is 0 Å². The van der Waals surface area contributed by atoms with Crippen LogP contribution in [-0.4, -0.2) is 29.8 Å². The van der Waals surface area contributed by atoms with Crippen molar-refractivity contribution >= 4 is 17.5 Å². The lowest BCUT2D eigenvalue weighted by atomic mass is 10.0. The molecule has 0 spiro atoms. The third kappa shape index (κ3) is 2.63. The molecule has 2 heterocycles. The quantitative estimate of drug-likeness (QED) is 0.836. The molecule has 2 N–H and O–H groups in total. The van der Waals surface area contributed by atoms with Crippen molar-refractivity contribution in [2.24, 2.45) is 0 Å². The second-order valence-electron chi connectivity index (χ2n) is 5.33. The molecule has 1 aromatic carbocycles. The van der Waals surface area contributed by atoms with E-state index in [1.165, 1.54) is 17.7 Å². The van der Waals surface area contributed by atoms with Gasteiger partial charge < -0.3 is 10.6 Å². The van der Waals surface area contributed by atoms with Gasteiger partial charge in [-0.3, -0.25) is 19.0 Å². The molecule has 2 aromatic rings. The lowest BCUT2D eigenvalue weighted by molar-refractivity contribution is 0.0961. The fourth-order valence-electron chi connectivity index (χ4n) is 2.73. The molecular weight excluding hydrogens is 294 g/mol. The Labute approximate surface area is 133 Å². The summed E-state index contributed by atoms with van der Waals surface area (Å²) in [5.41, 5.74) is 0.466. The van der Waals surface area contributed by atoms with E-state index in [9.17, 15) is 14.4 Å². The van der Waals surface area contributed by atoms with Gasteiger partial charge >= 0.3 is 0 Å². The number of anilines is 1. The fraction of sp³-hybridized carbons (Fsp3) is 0.235. The van der Waals surface area contributed by atoms with Gasteiger partial charge in [0.2, 0.25) is 0 Å². The zero-order valence-electron chi connectivity index (χ0n) is 12.8. The van der Waals surface area contributed by atoms with Gasteiger partial charge in [0.1, 0.15) is 11.4 Å². The highest BCUT2D eigenvalue weighted by Gasteiger charge is 2.24. The predicted molar refractivity (Wildman–Crippen MR) is 87.1 cm³/mol. The highest BCUT2D eigenvalue weighted by Crippen LogP contribution is 2.22. The molecule has 3 rings (SSSR count). The Kier molecular flexibility index (Phi) is 3.97. The highest BCUT2D eigenvalue weighted by atomic mass is 16.2. The molecule has 6 nitrogen and oxygen atoms in total. The van der Waals surface area contributed by atoms with Gasteiger partial charge in [0.25, 0.3) is 11.5 Å². The molecule has 0 saturated carbocycles. The number of fused-ring (bicyclic) bond motifs is 1. The van der Waals surface area contributed by atoms with Gasteiger partial charge in [-0.05, 0) is 12.5 Å². The van der Waals surface area contributed by atoms with E-state index in [1.807, 2.05) is 6.07 Å². The predicted octanol–water partition coefficient (Wildman–Crippen LogP) is 1.25. The second kappa shape index (κ2) is 6.08. The Hall–Kier alpha value is -2.89. The molecule has 0 bridgehead atoms. The number of amides is 1. The summed E-state index contributed by atoms with van der Waals surface area (Å²) >= 11 is 0. The molecule has 23 heavy (non-hydrogen) atoms. The lowest BCUT2D eigenvalue weighted by Crippen LogP contribution is -2.36. The molecule has 0 aliphatic carbocycles. The first-order chi connectivity index (χ1) is 11.1. The maximum atomic E-state index is 12.8. The van der Waals surface area contributed by atoms with E-state index in [-0.39, 0.29) is 16.9 Å². The van der Waals surface area contributed by atoms with Crippen molar-refractivity contribution < 1.29 is 9.59 Å². The van der Waals surface area contributed by atoms with E-state index in [0.717, 1.165) is 6.42 Å². The minimum atomic E-state index is -0.488. The molecule has 1 aliphatic rings. The zero-order valence-corrected chi connectivity index (χ0v) is 12.8. The van der Waals surface area contributed by atoms with Crippen molar-refractivity contribution in [1.82, 2.24) is 9.88 Å². The molecule has 1 aromatic heterocycles. The van der Waals surface area contributed by atoms with Crippen molar-refractivity contribution in [3.05, 3.63) is 63.4 Å². The number of ketones is 1. The third-order valence-electron chi connectivity index (χ3n) is 3.89. The van der Waals surface area contributed by atoms with Gasteiger partial charge in [0.15, 0.2) is 5.78 Å². The molecule has 0 radical (unpaired) electrons. The Balaban J connectivity index is 2.21. The number of hydrogen-bond acceptors (Lipinski definition) is 4. The van der Waals surface area contributed by atoms with Crippen LogP contribution in [0.1, 0.15) is 32.7 Å². The van der Waals surface area contributed by atoms with E-state index < -0.39 is 5.91 Å². The van der Waals surface area contributed by atoms with Crippen molar-refractivity contribution in [2.75, 3.05) is 18.9 Å². The average molecular weight is 311 g/mol. The normalized spacial score (nSPS) is 12.9. The molecular formula is C17H17N3O3. The summed E-state index contributed by atoms with van der Waals surface area (Å²) in [6.45, 7) is 1.18. The summed E-state index contributed by atoms with van der Waals surface area (Å²) in [5, 5.41) is 5.57. The van der Waals surface area contributed by atoms with Crippen molar-refractivity contribution in [3.8, 4) is 0 Å². The second-order valence-corrected chi connectivity index (χ2v) is 5.33. The van der Waals surface area contributed by atoms with Gasteiger partial charge in [-0.1, -0.05) is 30.3 Å².